The third-order valence-corrected chi connectivity index (χ3v) is 4.56. The zero-order valence-electron chi connectivity index (χ0n) is 16.7. The largest absolute Gasteiger partial charge is 0.444 e. The number of ether oxygens (including phenoxy) is 1. The topological polar surface area (TPSA) is 90.9 Å². The monoisotopic (exact) mass is 427 g/mol. The van der Waals surface area contributed by atoms with Gasteiger partial charge in [0.1, 0.15) is 11.4 Å². The number of carbonyl (C=O) groups excluding carboxylic acids is 2. The minimum Gasteiger partial charge on any atom is -0.444 e. The molecule has 2 rings (SSSR count). The molecule has 0 spiro atoms. The first-order valence-electron chi connectivity index (χ1n) is 9.33. The van der Waals surface area contributed by atoms with Gasteiger partial charge in [-0.3, -0.25) is 10.1 Å². The predicted octanol–water partition coefficient (Wildman–Crippen LogP) is 2.68. The lowest BCUT2D eigenvalue weighted by Gasteiger charge is -2.38. The van der Waals surface area contributed by atoms with Crippen LogP contribution in [-0.4, -0.2) is 59.5 Å². The van der Waals surface area contributed by atoms with Crippen molar-refractivity contribution in [2.75, 3.05) is 13.1 Å². The number of nitrogens with one attached hydrogen (secondary N) is 2. The number of hydrogen-bond donors (Lipinski definition) is 3. The lowest BCUT2D eigenvalue weighted by molar-refractivity contribution is -0.119. The molecule has 1 unspecified atom stereocenters. The highest BCUT2D eigenvalue weighted by Crippen LogP contribution is 2.17. The molecular weight excluding hydrogens is 401 g/mol. The number of piperidine rings is 1. The van der Waals surface area contributed by atoms with E-state index in [0.717, 1.165) is 0 Å². The van der Waals surface area contributed by atoms with Gasteiger partial charge < -0.3 is 20.1 Å². The van der Waals surface area contributed by atoms with Crippen molar-refractivity contribution in [1.82, 2.24) is 15.5 Å². The summed E-state index contributed by atoms with van der Waals surface area (Å²) in [4.78, 5) is 24.8. The molecule has 0 aromatic heterocycles. The minimum atomic E-state index is -1.57. The van der Waals surface area contributed by atoms with Crippen LogP contribution in [0.25, 0.3) is 6.08 Å². The highest BCUT2D eigenvalue weighted by atomic mass is 35.5. The van der Waals surface area contributed by atoms with Crippen molar-refractivity contribution in [3.8, 4) is 0 Å². The molecule has 0 aliphatic carbocycles. The van der Waals surface area contributed by atoms with Crippen LogP contribution in [-0.2, 0) is 9.53 Å². The molecule has 7 nitrogen and oxygen atoms in total. The molecule has 1 aliphatic heterocycles. The number of benzene rings is 1. The van der Waals surface area contributed by atoms with Crippen molar-refractivity contribution in [1.29, 1.82) is 0 Å². The number of aliphatic hydroxyl groups excluding tert-OH is 1. The average molecular weight is 428 g/mol. The number of rotatable bonds is 6. The van der Waals surface area contributed by atoms with Gasteiger partial charge in [-0.05, 0) is 51.0 Å². The third kappa shape index (κ3) is 7.64. The normalized spacial score (nSPS) is 21.4. The third-order valence-electron chi connectivity index (χ3n) is 4.30. The second-order valence-corrected chi connectivity index (χ2v) is 8.33. The maximum atomic E-state index is 14.4. The van der Waals surface area contributed by atoms with E-state index >= 15 is 0 Å². The number of carbonyl (C=O) groups is 2. The van der Waals surface area contributed by atoms with E-state index in [9.17, 15) is 19.1 Å². The molecular formula is C20H27ClFN3O4. The Labute approximate surface area is 174 Å². The van der Waals surface area contributed by atoms with Gasteiger partial charge in [-0.2, -0.15) is 0 Å². The lowest BCUT2D eigenvalue weighted by Crippen LogP contribution is -2.61. The van der Waals surface area contributed by atoms with Crippen LogP contribution < -0.4 is 10.6 Å². The van der Waals surface area contributed by atoms with Gasteiger partial charge >= 0.3 is 6.09 Å². The molecule has 3 N–H and O–H groups in total. The Bertz CT molecular complexity index is 736. The maximum Gasteiger partial charge on any atom is 0.407 e. The average Bonchev–Trinajstić information content (AvgIpc) is 2.63. The quantitative estimate of drug-likeness (QED) is 0.479. The van der Waals surface area contributed by atoms with E-state index in [0.29, 0.717) is 30.0 Å². The number of likely N-dealkylation sites (tertiary alicyclic amines) is 1. The zero-order valence-corrected chi connectivity index (χ0v) is 17.4. The molecule has 160 valence electrons. The first kappa shape index (κ1) is 23.1. The van der Waals surface area contributed by atoms with Crippen LogP contribution in [0.2, 0.25) is 5.02 Å². The van der Waals surface area contributed by atoms with Crippen LogP contribution in [0.3, 0.4) is 0 Å². The molecule has 1 aromatic rings. The van der Waals surface area contributed by atoms with Gasteiger partial charge in [0.25, 0.3) is 0 Å². The van der Waals surface area contributed by atoms with Crippen LogP contribution in [0.1, 0.15) is 32.8 Å². The molecule has 0 saturated carbocycles. The van der Waals surface area contributed by atoms with Crippen molar-refractivity contribution < 1.29 is 23.8 Å². The standard InChI is InChI=1S/C20H27ClFN3O4/c1-20(2,3)29-19(28)24-17-11-25(12-26)9-8-16(17)23-18(27)15(22)10-13-4-6-14(21)7-5-13/h4-7,10,12,16-18,23,27H,8-9,11H2,1-3H3,(H,24,28)/b15-10-/t16-,17+,18?/m0/s1. The number of alkyl carbamates (subject to hydrolysis) is 1. The Hall–Kier alpha value is -2.16. The fraction of sp³-hybridized carbons (Fsp3) is 0.500. The van der Waals surface area contributed by atoms with Gasteiger partial charge in [0.05, 0.1) is 6.04 Å². The van der Waals surface area contributed by atoms with E-state index < -0.39 is 35.8 Å². The van der Waals surface area contributed by atoms with Crippen LogP contribution in [0.4, 0.5) is 9.18 Å². The predicted molar refractivity (Wildman–Crippen MR) is 109 cm³/mol. The molecule has 3 atom stereocenters. The zero-order chi connectivity index (χ0) is 21.6. The minimum absolute atomic E-state index is 0.218. The summed E-state index contributed by atoms with van der Waals surface area (Å²) in [5.41, 5.74) is -0.133. The number of amides is 2. The smallest absolute Gasteiger partial charge is 0.407 e. The summed E-state index contributed by atoms with van der Waals surface area (Å²) < 4.78 is 19.7. The van der Waals surface area contributed by atoms with Crippen LogP contribution in [0, 0.1) is 0 Å². The van der Waals surface area contributed by atoms with E-state index in [4.69, 9.17) is 16.3 Å². The Kier molecular flexibility index (Phi) is 8.01. The Morgan fingerprint density at radius 1 is 1.34 bits per heavy atom. The summed E-state index contributed by atoms with van der Waals surface area (Å²) in [7, 11) is 0. The molecule has 1 aliphatic rings. The summed E-state index contributed by atoms with van der Waals surface area (Å²) in [6.07, 6.45) is 0.0994. The van der Waals surface area contributed by atoms with Gasteiger partial charge in [-0.25, -0.2) is 9.18 Å². The number of halogens is 2. The van der Waals surface area contributed by atoms with Crippen molar-refractivity contribution >= 4 is 30.2 Å². The Morgan fingerprint density at radius 3 is 2.59 bits per heavy atom. The van der Waals surface area contributed by atoms with E-state index in [1.165, 1.54) is 11.0 Å². The first-order valence-corrected chi connectivity index (χ1v) is 9.71. The van der Waals surface area contributed by atoms with Crippen molar-refractivity contribution in [3.05, 3.63) is 40.7 Å². The van der Waals surface area contributed by atoms with E-state index in [1.54, 1.807) is 45.0 Å². The highest BCUT2D eigenvalue weighted by molar-refractivity contribution is 6.30. The Balaban J connectivity index is 2.05. The fourth-order valence-electron chi connectivity index (χ4n) is 2.96. The lowest BCUT2D eigenvalue weighted by atomic mass is 9.99. The van der Waals surface area contributed by atoms with Crippen molar-refractivity contribution in [2.45, 2.75) is 51.1 Å². The molecule has 1 saturated heterocycles. The maximum absolute atomic E-state index is 14.4. The molecule has 1 heterocycles. The van der Waals surface area contributed by atoms with Crippen molar-refractivity contribution in [2.24, 2.45) is 0 Å². The molecule has 0 radical (unpaired) electrons. The summed E-state index contributed by atoms with van der Waals surface area (Å²) in [6, 6.07) is 5.49. The van der Waals surface area contributed by atoms with E-state index in [2.05, 4.69) is 10.6 Å². The second kappa shape index (κ2) is 10.0. The van der Waals surface area contributed by atoms with Crippen LogP contribution in [0.15, 0.2) is 30.1 Å². The van der Waals surface area contributed by atoms with Crippen molar-refractivity contribution in [3.63, 3.8) is 0 Å². The summed E-state index contributed by atoms with van der Waals surface area (Å²) in [5, 5.41) is 16.3. The SMILES string of the molecule is CC(C)(C)OC(=O)N[C@@H]1CN(C=O)CC[C@@H]1NC(O)/C(F)=C/c1ccc(Cl)cc1. The van der Waals surface area contributed by atoms with Crippen LogP contribution >= 0.6 is 11.6 Å². The van der Waals surface area contributed by atoms with Gasteiger partial charge in [0.15, 0.2) is 6.23 Å². The number of nitrogens with zero attached hydrogens (tertiary/aromatic N) is 1. The van der Waals surface area contributed by atoms with Gasteiger partial charge in [0, 0.05) is 24.2 Å². The summed E-state index contributed by atoms with van der Waals surface area (Å²) in [5.74, 6) is -0.777. The Morgan fingerprint density at radius 2 is 2.00 bits per heavy atom. The first-order chi connectivity index (χ1) is 13.6. The number of hydrogen-bond acceptors (Lipinski definition) is 5. The van der Waals surface area contributed by atoms with Gasteiger partial charge in [0.2, 0.25) is 6.41 Å². The highest BCUT2D eigenvalue weighted by Gasteiger charge is 2.33. The van der Waals surface area contributed by atoms with Gasteiger partial charge in [-0.1, -0.05) is 23.7 Å². The summed E-state index contributed by atoms with van der Waals surface area (Å²) >= 11 is 5.81. The number of aliphatic hydroxyl groups is 1. The molecule has 0 bridgehead atoms. The molecule has 2 amide bonds. The fourth-order valence-corrected chi connectivity index (χ4v) is 3.08. The molecule has 9 heteroatoms. The van der Waals surface area contributed by atoms with Gasteiger partial charge in [-0.15, -0.1) is 0 Å². The van der Waals surface area contributed by atoms with Crippen LogP contribution in [0.5, 0.6) is 0 Å². The molecule has 1 fully saturated rings. The van der Waals surface area contributed by atoms with E-state index in [-0.39, 0.29) is 6.54 Å². The molecule has 1 aromatic carbocycles. The summed E-state index contributed by atoms with van der Waals surface area (Å²) in [6.45, 7) is 5.85. The molecule has 29 heavy (non-hydrogen) atoms. The second-order valence-electron chi connectivity index (χ2n) is 7.90. The van der Waals surface area contributed by atoms with E-state index in [1.807, 2.05) is 0 Å².